The van der Waals surface area contributed by atoms with Crippen molar-refractivity contribution >= 4 is 15.9 Å². The molecule has 0 bridgehead atoms. The van der Waals surface area contributed by atoms with Crippen molar-refractivity contribution in [2.75, 3.05) is 12.8 Å². The van der Waals surface area contributed by atoms with Crippen LogP contribution in [0, 0.1) is 5.82 Å². The van der Waals surface area contributed by atoms with Gasteiger partial charge in [0.15, 0.2) is 5.69 Å². The van der Waals surface area contributed by atoms with Gasteiger partial charge >= 0.3 is 6.18 Å². The van der Waals surface area contributed by atoms with E-state index in [9.17, 15) is 30.8 Å². The lowest BCUT2D eigenvalue weighted by atomic mass is 10.2. The van der Waals surface area contributed by atoms with E-state index in [0.29, 0.717) is 6.07 Å². The highest BCUT2D eigenvalue weighted by atomic mass is 32.2. The molecule has 0 aliphatic carbocycles. The quantitative estimate of drug-likeness (QED) is 0.496. The molecule has 0 saturated carbocycles. The molecule has 0 radical (unpaired) electrons. The van der Waals surface area contributed by atoms with Crippen molar-refractivity contribution in [3.8, 4) is 11.4 Å². The average Bonchev–Trinajstić information content (AvgIpc) is 3.31. The summed E-state index contributed by atoms with van der Waals surface area (Å²) in [6, 6.07) is 4.52. The zero-order valence-electron chi connectivity index (χ0n) is 16.5. The van der Waals surface area contributed by atoms with E-state index in [2.05, 4.69) is 25.3 Å². The number of hydrogen-bond donors (Lipinski definition) is 2. The number of rotatable bonds is 7. The number of amides is 1. The van der Waals surface area contributed by atoms with Gasteiger partial charge in [-0.2, -0.15) is 23.3 Å². The average molecular weight is 476 g/mol. The number of hydrogen-bond acceptors (Lipinski definition) is 7. The summed E-state index contributed by atoms with van der Waals surface area (Å²) < 4.78 is 83.0. The lowest BCUT2D eigenvalue weighted by molar-refractivity contribution is -0.141. The Balaban J connectivity index is 1.88. The number of carbonyl (C=O) groups is 1. The third kappa shape index (κ3) is 5.67. The van der Waals surface area contributed by atoms with E-state index < -0.39 is 51.9 Å². The monoisotopic (exact) mass is 476 g/mol. The Hall–Kier alpha value is -3.33. The lowest BCUT2D eigenvalue weighted by Gasteiger charge is -2.15. The van der Waals surface area contributed by atoms with Gasteiger partial charge in [-0.25, -0.2) is 17.5 Å². The molecule has 0 aliphatic heterocycles. The second-order valence-corrected chi connectivity index (χ2v) is 8.48. The standard InChI is InChI=1S/C17H16F4N6O4S/c1-27-12(7-13(25-27)17(19,20)21)15(28)23-11(8-22-32(2,29)30)16-24-14(26-31-16)9-4-3-5-10(18)6-9/h3-7,11,22H,8H2,1-2H3,(H,23,28). The van der Waals surface area contributed by atoms with Crippen LogP contribution in [0.2, 0.25) is 0 Å². The van der Waals surface area contributed by atoms with Gasteiger partial charge < -0.3 is 9.84 Å². The van der Waals surface area contributed by atoms with Gasteiger partial charge in [-0.05, 0) is 12.1 Å². The van der Waals surface area contributed by atoms with Crippen LogP contribution < -0.4 is 10.0 Å². The van der Waals surface area contributed by atoms with Crippen molar-refractivity contribution in [2.24, 2.45) is 7.05 Å². The minimum Gasteiger partial charge on any atom is -0.338 e. The topological polar surface area (TPSA) is 132 Å². The maximum Gasteiger partial charge on any atom is 0.435 e. The highest BCUT2D eigenvalue weighted by Crippen LogP contribution is 2.28. The first-order valence-corrected chi connectivity index (χ1v) is 10.7. The highest BCUT2D eigenvalue weighted by molar-refractivity contribution is 7.88. The Morgan fingerprint density at radius 2 is 2.00 bits per heavy atom. The van der Waals surface area contributed by atoms with Crippen molar-refractivity contribution in [1.29, 1.82) is 0 Å². The second kappa shape index (κ2) is 8.66. The molecule has 172 valence electrons. The van der Waals surface area contributed by atoms with E-state index in [4.69, 9.17) is 4.52 Å². The molecule has 0 aliphatic rings. The molecule has 0 spiro atoms. The molecule has 32 heavy (non-hydrogen) atoms. The van der Waals surface area contributed by atoms with Crippen LogP contribution in [0.5, 0.6) is 0 Å². The van der Waals surface area contributed by atoms with Crippen LogP contribution in [-0.2, 0) is 23.2 Å². The largest absolute Gasteiger partial charge is 0.435 e. The maximum atomic E-state index is 13.4. The van der Waals surface area contributed by atoms with Crippen molar-refractivity contribution in [2.45, 2.75) is 12.2 Å². The molecule has 2 aromatic heterocycles. The van der Waals surface area contributed by atoms with Gasteiger partial charge in [-0.15, -0.1) is 0 Å². The summed E-state index contributed by atoms with van der Waals surface area (Å²) in [6.45, 7) is -0.445. The number of benzene rings is 1. The van der Waals surface area contributed by atoms with Crippen LogP contribution in [0.15, 0.2) is 34.9 Å². The number of carbonyl (C=O) groups excluding carboxylic acids is 1. The summed E-state index contributed by atoms with van der Waals surface area (Å²) >= 11 is 0. The summed E-state index contributed by atoms with van der Waals surface area (Å²) in [6.07, 6.45) is -3.89. The fourth-order valence-electron chi connectivity index (χ4n) is 2.61. The van der Waals surface area contributed by atoms with E-state index in [1.165, 1.54) is 18.2 Å². The Bertz CT molecular complexity index is 1240. The van der Waals surface area contributed by atoms with E-state index in [0.717, 1.165) is 24.1 Å². The van der Waals surface area contributed by atoms with E-state index >= 15 is 0 Å². The minimum absolute atomic E-state index is 0.0435. The van der Waals surface area contributed by atoms with Crippen molar-refractivity contribution in [3.05, 3.63) is 53.4 Å². The fourth-order valence-corrected chi connectivity index (χ4v) is 3.08. The van der Waals surface area contributed by atoms with Gasteiger partial charge in [0.25, 0.3) is 11.8 Å². The minimum atomic E-state index is -4.76. The molecular weight excluding hydrogens is 460 g/mol. The summed E-state index contributed by atoms with van der Waals surface area (Å²) in [5.74, 6) is -1.86. The summed E-state index contributed by atoms with van der Waals surface area (Å²) in [5.41, 5.74) is -1.46. The first kappa shape index (κ1) is 23.3. The summed E-state index contributed by atoms with van der Waals surface area (Å²) in [5, 5.41) is 9.27. The molecule has 1 atom stereocenters. The van der Waals surface area contributed by atoms with Crippen LogP contribution in [0.3, 0.4) is 0 Å². The predicted molar refractivity (Wildman–Crippen MR) is 101 cm³/mol. The second-order valence-electron chi connectivity index (χ2n) is 6.65. The van der Waals surface area contributed by atoms with E-state index in [1.54, 1.807) is 0 Å². The number of alkyl halides is 3. The van der Waals surface area contributed by atoms with Gasteiger partial charge in [0.05, 0.1) is 6.26 Å². The third-order valence-electron chi connectivity index (χ3n) is 4.08. The maximum absolute atomic E-state index is 13.4. The number of aryl methyl sites for hydroxylation is 1. The molecular formula is C17H16F4N6O4S. The predicted octanol–water partition coefficient (Wildman–Crippen LogP) is 1.65. The van der Waals surface area contributed by atoms with Crippen LogP contribution in [0.25, 0.3) is 11.4 Å². The molecule has 0 saturated heterocycles. The molecule has 1 aromatic carbocycles. The lowest BCUT2D eigenvalue weighted by Crippen LogP contribution is -2.38. The van der Waals surface area contributed by atoms with Crippen LogP contribution in [-0.4, -0.2) is 47.0 Å². The van der Waals surface area contributed by atoms with Crippen LogP contribution in [0.1, 0.15) is 28.1 Å². The Morgan fingerprint density at radius 1 is 1.28 bits per heavy atom. The van der Waals surface area contributed by atoms with Crippen molar-refractivity contribution in [1.82, 2.24) is 30.0 Å². The van der Waals surface area contributed by atoms with Gasteiger partial charge in [0.1, 0.15) is 17.6 Å². The van der Waals surface area contributed by atoms with E-state index in [1.807, 2.05) is 0 Å². The van der Waals surface area contributed by atoms with Gasteiger partial charge in [0.2, 0.25) is 15.8 Å². The molecule has 2 heterocycles. The first-order chi connectivity index (χ1) is 14.8. The molecule has 3 rings (SSSR count). The smallest absolute Gasteiger partial charge is 0.338 e. The Morgan fingerprint density at radius 3 is 2.59 bits per heavy atom. The highest BCUT2D eigenvalue weighted by Gasteiger charge is 2.36. The van der Waals surface area contributed by atoms with Gasteiger partial charge in [-0.1, -0.05) is 17.3 Å². The number of aromatic nitrogens is 4. The zero-order chi connectivity index (χ0) is 23.7. The SMILES string of the molecule is Cn1nc(C(F)(F)F)cc1C(=O)NC(CNS(C)(=O)=O)c1nc(-c2cccc(F)c2)no1. The first-order valence-electron chi connectivity index (χ1n) is 8.80. The molecule has 15 heteroatoms. The fraction of sp³-hybridized carbons (Fsp3) is 0.294. The summed E-state index contributed by atoms with van der Waals surface area (Å²) in [4.78, 5) is 16.6. The normalized spacial score (nSPS) is 13.2. The number of nitrogens with zero attached hydrogens (tertiary/aromatic N) is 4. The molecule has 0 fully saturated rings. The molecule has 10 nitrogen and oxygen atoms in total. The van der Waals surface area contributed by atoms with Crippen LogP contribution in [0.4, 0.5) is 17.6 Å². The van der Waals surface area contributed by atoms with Gasteiger partial charge in [-0.3, -0.25) is 9.48 Å². The number of sulfonamides is 1. The zero-order valence-corrected chi connectivity index (χ0v) is 17.3. The number of nitrogens with one attached hydrogen (secondary N) is 2. The number of halogens is 4. The van der Waals surface area contributed by atoms with Crippen LogP contribution >= 0.6 is 0 Å². The molecule has 1 amide bonds. The molecule has 3 aromatic rings. The third-order valence-corrected chi connectivity index (χ3v) is 4.77. The Kier molecular flexibility index (Phi) is 6.32. The van der Waals surface area contributed by atoms with Crippen molar-refractivity contribution < 1.29 is 35.3 Å². The molecule has 2 N–H and O–H groups in total. The van der Waals surface area contributed by atoms with E-state index in [-0.39, 0.29) is 17.3 Å². The van der Waals surface area contributed by atoms with Gasteiger partial charge in [0, 0.05) is 25.2 Å². The van der Waals surface area contributed by atoms with Crippen molar-refractivity contribution in [3.63, 3.8) is 0 Å². The summed E-state index contributed by atoms with van der Waals surface area (Å²) in [7, 11) is -2.57. The Labute approximate surface area is 178 Å². The molecule has 1 unspecified atom stereocenters.